The molecule has 0 spiro atoms. The zero-order valence-corrected chi connectivity index (χ0v) is 8.25. The summed E-state index contributed by atoms with van der Waals surface area (Å²) >= 11 is 0. The van der Waals surface area contributed by atoms with Crippen LogP contribution in [-0.2, 0) is 9.59 Å². The number of carboxylic acid groups (broad SMARTS) is 1. The third-order valence-corrected chi connectivity index (χ3v) is 2.47. The van der Waals surface area contributed by atoms with Gasteiger partial charge in [0, 0.05) is 19.4 Å². The quantitative estimate of drug-likeness (QED) is 0.578. The lowest BCUT2D eigenvalue weighted by Gasteiger charge is -2.29. The Morgan fingerprint density at radius 3 is 2.86 bits per heavy atom. The van der Waals surface area contributed by atoms with Gasteiger partial charge in [0.25, 0.3) is 0 Å². The number of hydrogen-bond donors (Lipinski definition) is 3. The highest BCUT2D eigenvalue weighted by Gasteiger charge is 2.30. The number of amides is 1. The molecule has 0 saturated carbocycles. The van der Waals surface area contributed by atoms with Crippen molar-refractivity contribution in [3.05, 3.63) is 0 Å². The Hall–Kier alpha value is -1.10. The highest BCUT2D eigenvalue weighted by Crippen LogP contribution is 2.15. The van der Waals surface area contributed by atoms with Crippen molar-refractivity contribution in [2.45, 2.75) is 25.8 Å². The number of carbonyl (C=O) groups excluding carboxylic acids is 1. The molecule has 1 fully saturated rings. The summed E-state index contributed by atoms with van der Waals surface area (Å²) in [5.74, 6) is -0.940. The summed E-state index contributed by atoms with van der Waals surface area (Å²) in [5.41, 5.74) is 0. The molecule has 3 N–H and O–H groups in total. The lowest BCUT2D eigenvalue weighted by Crippen LogP contribution is -2.50. The van der Waals surface area contributed by atoms with Crippen molar-refractivity contribution in [1.82, 2.24) is 10.6 Å². The minimum atomic E-state index is -0.833. The van der Waals surface area contributed by atoms with E-state index in [4.69, 9.17) is 5.11 Å². The van der Waals surface area contributed by atoms with Gasteiger partial charge < -0.3 is 15.7 Å². The van der Waals surface area contributed by atoms with Gasteiger partial charge in [-0.05, 0) is 19.4 Å². The van der Waals surface area contributed by atoms with Crippen LogP contribution in [0.4, 0.5) is 0 Å². The van der Waals surface area contributed by atoms with Gasteiger partial charge >= 0.3 is 5.97 Å². The molecular formula is C9H16N2O3. The van der Waals surface area contributed by atoms with Crippen LogP contribution in [0.15, 0.2) is 0 Å². The zero-order valence-electron chi connectivity index (χ0n) is 8.25. The maximum Gasteiger partial charge on any atom is 0.321 e. The maximum absolute atomic E-state index is 10.8. The first-order chi connectivity index (χ1) is 6.61. The fourth-order valence-corrected chi connectivity index (χ4v) is 1.74. The Bertz CT molecular complexity index is 230. The van der Waals surface area contributed by atoms with Gasteiger partial charge in [-0.2, -0.15) is 0 Å². The van der Waals surface area contributed by atoms with Gasteiger partial charge in [0.2, 0.25) is 5.91 Å². The fourth-order valence-electron chi connectivity index (χ4n) is 1.74. The van der Waals surface area contributed by atoms with Crippen molar-refractivity contribution in [3.8, 4) is 0 Å². The first-order valence-electron chi connectivity index (χ1n) is 4.82. The molecule has 1 amide bonds. The third kappa shape index (κ3) is 2.99. The van der Waals surface area contributed by atoms with Crippen LogP contribution in [0.2, 0.25) is 0 Å². The van der Waals surface area contributed by atoms with E-state index < -0.39 is 12.0 Å². The van der Waals surface area contributed by atoms with Crippen molar-refractivity contribution in [3.63, 3.8) is 0 Å². The van der Waals surface area contributed by atoms with Crippen LogP contribution < -0.4 is 10.6 Å². The van der Waals surface area contributed by atoms with Crippen LogP contribution in [0.1, 0.15) is 19.8 Å². The number of carbonyl (C=O) groups is 2. The normalized spacial score (nSPS) is 26.9. The summed E-state index contributed by atoms with van der Waals surface area (Å²) in [4.78, 5) is 21.5. The van der Waals surface area contributed by atoms with Crippen molar-refractivity contribution in [2.24, 2.45) is 5.92 Å². The lowest BCUT2D eigenvalue weighted by atomic mass is 9.91. The van der Waals surface area contributed by atoms with E-state index >= 15 is 0 Å². The van der Waals surface area contributed by atoms with Gasteiger partial charge in [0.05, 0.1) is 0 Å². The number of nitrogens with one attached hydrogen (secondary N) is 2. The van der Waals surface area contributed by atoms with Crippen LogP contribution >= 0.6 is 0 Å². The molecule has 1 aliphatic rings. The molecular weight excluding hydrogens is 184 g/mol. The molecule has 14 heavy (non-hydrogen) atoms. The Morgan fingerprint density at radius 2 is 2.29 bits per heavy atom. The molecule has 5 nitrogen and oxygen atoms in total. The Balaban J connectivity index is 2.45. The molecule has 80 valence electrons. The van der Waals surface area contributed by atoms with Crippen molar-refractivity contribution >= 4 is 11.9 Å². The van der Waals surface area contributed by atoms with Gasteiger partial charge in [-0.25, -0.2) is 0 Å². The summed E-state index contributed by atoms with van der Waals surface area (Å²) < 4.78 is 0. The minimum absolute atomic E-state index is 0.00477. The molecule has 1 saturated heterocycles. The Kier molecular flexibility index (Phi) is 3.88. The van der Waals surface area contributed by atoms with E-state index in [0.29, 0.717) is 6.54 Å². The maximum atomic E-state index is 10.8. The minimum Gasteiger partial charge on any atom is -0.480 e. The predicted octanol–water partition coefficient (Wildman–Crippen LogP) is -0.425. The van der Waals surface area contributed by atoms with Gasteiger partial charge in [0.15, 0.2) is 0 Å². The van der Waals surface area contributed by atoms with Crippen LogP contribution in [0.3, 0.4) is 0 Å². The number of hydrogen-bond acceptors (Lipinski definition) is 3. The molecule has 5 heteroatoms. The molecule has 0 radical (unpaired) electrons. The molecule has 0 unspecified atom stereocenters. The van der Waals surface area contributed by atoms with Gasteiger partial charge in [-0.1, -0.05) is 0 Å². The van der Waals surface area contributed by atoms with Crippen molar-refractivity contribution in [2.75, 3.05) is 13.1 Å². The number of rotatable bonds is 3. The predicted molar refractivity (Wildman–Crippen MR) is 50.8 cm³/mol. The second-order valence-electron chi connectivity index (χ2n) is 3.61. The van der Waals surface area contributed by atoms with Crippen LogP contribution in [0.25, 0.3) is 0 Å². The Morgan fingerprint density at radius 1 is 1.57 bits per heavy atom. The topological polar surface area (TPSA) is 78.4 Å². The van der Waals surface area contributed by atoms with Gasteiger partial charge in [-0.3, -0.25) is 9.59 Å². The highest BCUT2D eigenvalue weighted by atomic mass is 16.4. The molecule has 2 atom stereocenters. The monoisotopic (exact) mass is 200 g/mol. The second-order valence-corrected chi connectivity index (χ2v) is 3.61. The molecule has 1 aliphatic heterocycles. The third-order valence-electron chi connectivity index (χ3n) is 2.47. The molecule has 0 aliphatic carbocycles. The molecule has 0 aromatic heterocycles. The summed E-state index contributed by atoms with van der Waals surface area (Å²) in [5, 5.41) is 14.5. The van der Waals surface area contributed by atoms with Crippen molar-refractivity contribution < 1.29 is 14.7 Å². The smallest absolute Gasteiger partial charge is 0.321 e. The SMILES string of the molecule is CC(=O)NC[C@H]1CCCN[C@H]1C(=O)O. The Labute approximate surface area is 82.9 Å². The van der Waals surface area contributed by atoms with E-state index in [1.54, 1.807) is 0 Å². The van der Waals surface area contributed by atoms with E-state index in [2.05, 4.69) is 10.6 Å². The summed E-state index contributed by atoms with van der Waals surface area (Å²) in [6, 6.07) is -0.518. The average molecular weight is 200 g/mol. The number of aliphatic carboxylic acids is 1. The molecule has 0 aromatic rings. The lowest BCUT2D eigenvalue weighted by molar-refractivity contribution is -0.141. The van der Waals surface area contributed by atoms with Crippen LogP contribution in [0, 0.1) is 5.92 Å². The second kappa shape index (κ2) is 4.95. The molecule has 1 heterocycles. The molecule has 0 aromatic carbocycles. The zero-order chi connectivity index (χ0) is 10.6. The van der Waals surface area contributed by atoms with Crippen LogP contribution in [0.5, 0.6) is 0 Å². The van der Waals surface area contributed by atoms with E-state index in [1.807, 2.05) is 0 Å². The standard InChI is InChI=1S/C9H16N2O3/c1-6(12)11-5-7-3-2-4-10-8(7)9(13)14/h7-8,10H,2-5H2,1H3,(H,11,12)(H,13,14)/t7-,8-/m1/s1. The van der Waals surface area contributed by atoms with Crippen LogP contribution in [-0.4, -0.2) is 36.1 Å². The average Bonchev–Trinajstić information content (AvgIpc) is 2.15. The van der Waals surface area contributed by atoms with Gasteiger partial charge in [0.1, 0.15) is 6.04 Å². The summed E-state index contributed by atoms with van der Waals surface area (Å²) in [6.07, 6.45) is 1.82. The summed E-state index contributed by atoms with van der Waals surface area (Å²) in [6.45, 7) is 2.62. The largest absolute Gasteiger partial charge is 0.480 e. The van der Waals surface area contributed by atoms with E-state index in [-0.39, 0.29) is 11.8 Å². The molecule has 0 bridgehead atoms. The van der Waals surface area contributed by atoms with E-state index in [9.17, 15) is 9.59 Å². The van der Waals surface area contributed by atoms with E-state index in [0.717, 1.165) is 19.4 Å². The first-order valence-corrected chi connectivity index (χ1v) is 4.82. The van der Waals surface area contributed by atoms with E-state index in [1.165, 1.54) is 6.92 Å². The fraction of sp³-hybridized carbons (Fsp3) is 0.778. The van der Waals surface area contributed by atoms with Gasteiger partial charge in [-0.15, -0.1) is 0 Å². The number of carboxylic acids is 1. The van der Waals surface area contributed by atoms with Crippen molar-refractivity contribution in [1.29, 1.82) is 0 Å². The highest BCUT2D eigenvalue weighted by molar-refractivity contribution is 5.75. The number of piperidine rings is 1. The first kappa shape index (κ1) is 11.0. The molecule has 1 rings (SSSR count). The summed E-state index contributed by atoms with van der Waals surface area (Å²) in [7, 11) is 0.